The van der Waals surface area contributed by atoms with Crippen LogP contribution in [0, 0.1) is 0 Å². The summed E-state index contributed by atoms with van der Waals surface area (Å²) in [5.41, 5.74) is 0.905. The quantitative estimate of drug-likeness (QED) is 0.522. The van der Waals surface area contributed by atoms with Crippen LogP contribution >= 0.6 is 0 Å². The summed E-state index contributed by atoms with van der Waals surface area (Å²) in [6.07, 6.45) is 2.96. The second-order valence-corrected chi connectivity index (χ2v) is 3.59. The number of carbonyl (C=O) groups is 1. The lowest BCUT2D eigenvalue weighted by Gasteiger charge is -2.25. The van der Waals surface area contributed by atoms with Crippen molar-refractivity contribution in [3.63, 3.8) is 0 Å². The van der Waals surface area contributed by atoms with Crippen molar-refractivity contribution in [1.29, 1.82) is 0 Å². The van der Waals surface area contributed by atoms with Gasteiger partial charge in [-0.15, -0.1) is 0 Å². The van der Waals surface area contributed by atoms with Crippen LogP contribution in [0.3, 0.4) is 0 Å². The molecular weight excluding hydrogens is 192 g/mol. The Labute approximate surface area is 90.6 Å². The molecule has 4 nitrogen and oxygen atoms in total. The maximum atomic E-state index is 10.8. The highest BCUT2D eigenvalue weighted by Gasteiger charge is 2.24. The first kappa shape index (κ1) is 11.6. The summed E-state index contributed by atoms with van der Waals surface area (Å²) in [4.78, 5) is 12.8. The molecule has 0 aromatic rings. The first-order chi connectivity index (χ1) is 7.19. The van der Waals surface area contributed by atoms with Crippen LogP contribution in [0.2, 0.25) is 0 Å². The van der Waals surface area contributed by atoms with Crippen LogP contribution in [0.1, 0.15) is 12.8 Å². The highest BCUT2D eigenvalue weighted by Crippen LogP contribution is 2.19. The number of hydrogen-bond donors (Lipinski definition) is 1. The average Bonchev–Trinajstić information content (AvgIpc) is 2.73. The molecule has 1 aliphatic rings. The molecule has 1 atom stereocenters. The van der Waals surface area contributed by atoms with Gasteiger partial charge < -0.3 is 19.7 Å². The van der Waals surface area contributed by atoms with Crippen molar-refractivity contribution in [1.82, 2.24) is 10.2 Å². The first-order valence-corrected chi connectivity index (χ1v) is 5.05. The number of hydrogen-bond acceptors (Lipinski definition) is 4. The Morgan fingerprint density at radius 2 is 2.40 bits per heavy atom. The minimum atomic E-state index is -0.00453. The SMILES string of the molecule is C=C(NCC(=C)N1CCC[C@H]1C=O)OC. The molecule has 1 fully saturated rings. The maximum Gasteiger partial charge on any atom is 0.179 e. The van der Waals surface area contributed by atoms with Crippen LogP contribution in [-0.2, 0) is 9.53 Å². The van der Waals surface area contributed by atoms with Gasteiger partial charge in [-0.05, 0) is 19.4 Å². The molecule has 84 valence electrons. The van der Waals surface area contributed by atoms with Crippen molar-refractivity contribution in [2.75, 3.05) is 20.2 Å². The molecule has 0 aromatic carbocycles. The van der Waals surface area contributed by atoms with Crippen LogP contribution in [0.5, 0.6) is 0 Å². The van der Waals surface area contributed by atoms with Crippen molar-refractivity contribution in [3.05, 3.63) is 24.7 Å². The van der Waals surface area contributed by atoms with E-state index >= 15 is 0 Å². The van der Waals surface area contributed by atoms with Crippen LogP contribution in [0.15, 0.2) is 24.7 Å². The first-order valence-electron chi connectivity index (χ1n) is 5.05. The zero-order valence-corrected chi connectivity index (χ0v) is 9.16. The van der Waals surface area contributed by atoms with Gasteiger partial charge in [-0.25, -0.2) is 0 Å². The largest absolute Gasteiger partial charge is 0.483 e. The number of methoxy groups -OCH3 is 1. The van der Waals surface area contributed by atoms with Gasteiger partial charge >= 0.3 is 0 Å². The highest BCUT2D eigenvalue weighted by atomic mass is 16.5. The third-order valence-corrected chi connectivity index (χ3v) is 2.60. The van der Waals surface area contributed by atoms with Crippen molar-refractivity contribution in [2.45, 2.75) is 18.9 Å². The minimum Gasteiger partial charge on any atom is -0.483 e. The summed E-state index contributed by atoms with van der Waals surface area (Å²) in [6, 6.07) is -0.00453. The average molecular weight is 210 g/mol. The summed E-state index contributed by atoms with van der Waals surface area (Å²) >= 11 is 0. The molecule has 1 aliphatic heterocycles. The van der Waals surface area contributed by atoms with E-state index in [1.165, 1.54) is 0 Å². The van der Waals surface area contributed by atoms with Crippen molar-refractivity contribution < 1.29 is 9.53 Å². The Bertz CT molecular complexity index is 263. The molecule has 15 heavy (non-hydrogen) atoms. The molecule has 0 saturated carbocycles. The van der Waals surface area contributed by atoms with E-state index in [4.69, 9.17) is 4.74 Å². The number of ether oxygens (including phenoxy) is 1. The lowest BCUT2D eigenvalue weighted by Crippen LogP contribution is -2.34. The smallest absolute Gasteiger partial charge is 0.179 e. The van der Waals surface area contributed by atoms with E-state index in [9.17, 15) is 4.79 Å². The predicted molar refractivity (Wildman–Crippen MR) is 59.1 cm³/mol. The van der Waals surface area contributed by atoms with E-state index < -0.39 is 0 Å². The number of carbonyl (C=O) groups excluding carboxylic acids is 1. The Morgan fingerprint density at radius 1 is 1.67 bits per heavy atom. The van der Waals surface area contributed by atoms with Crippen LogP contribution in [0.25, 0.3) is 0 Å². The number of nitrogens with zero attached hydrogens (tertiary/aromatic N) is 1. The highest BCUT2D eigenvalue weighted by molar-refractivity contribution is 5.58. The zero-order valence-electron chi connectivity index (χ0n) is 9.16. The summed E-state index contributed by atoms with van der Waals surface area (Å²) in [6.45, 7) is 9.07. The molecule has 1 heterocycles. The lowest BCUT2D eigenvalue weighted by molar-refractivity contribution is -0.111. The molecular formula is C11H18N2O2. The third-order valence-electron chi connectivity index (χ3n) is 2.60. The fourth-order valence-electron chi connectivity index (χ4n) is 1.70. The van der Waals surface area contributed by atoms with E-state index in [0.29, 0.717) is 12.4 Å². The number of aldehydes is 1. The molecule has 0 aromatic heterocycles. The van der Waals surface area contributed by atoms with E-state index in [2.05, 4.69) is 18.5 Å². The second kappa shape index (κ2) is 5.44. The van der Waals surface area contributed by atoms with Crippen LogP contribution in [0.4, 0.5) is 0 Å². The fourth-order valence-corrected chi connectivity index (χ4v) is 1.70. The van der Waals surface area contributed by atoms with Gasteiger partial charge in [0, 0.05) is 12.2 Å². The minimum absolute atomic E-state index is 0.00453. The molecule has 0 unspecified atom stereocenters. The monoisotopic (exact) mass is 210 g/mol. The second-order valence-electron chi connectivity index (χ2n) is 3.59. The maximum absolute atomic E-state index is 10.8. The molecule has 0 radical (unpaired) electrons. The lowest BCUT2D eigenvalue weighted by atomic mass is 10.2. The molecule has 1 rings (SSSR count). The van der Waals surface area contributed by atoms with E-state index in [-0.39, 0.29) is 6.04 Å². The number of likely N-dealkylation sites (tertiary alicyclic amines) is 1. The van der Waals surface area contributed by atoms with Gasteiger partial charge in [-0.1, -0.05) is 6.58 Å². The van der Waals surface area contributed by atoms with Crippen LogP contribution in [-0.4, -0.2) is 37.4 Å². The van der Waals surface area contributed by atoms with Gasteiger partial charge in [0.15, 0.2) is 5.88 Å². The number of rotatable bonds is 6. The van der Waals surface area contributed by atoms with Gasteiger partial charge in [0.25, 0.3) is 0 Å². The standard InChI is InChI=1S/C11H18N2O2/c1-9(7-12-10(2)15-3)13-6-4-5-11(13)8-14/h8,11-12H,1-2,4-7H2,3H3/t11-/m0/s1. The Morgan fingerprint density at radius 3 is 3.00 bits per heavy atom. The van der Waals surface area contributed by atoms with Crippen LogP contribution < -0.4 is 5.32 Å². The molecule has 1 saturated heterocycles. The van der Waals surface area contributed by atoms with E-state index in [1.54, 1.807) is 7.11 Å². The molecule has 4 heteroatoms. The van der Waals surface area contributed by atoms with Gasteiger partial charge in [-0.3, -0.25) is 0 Å². The summed E-state index contributed by atoms with van der Waals surface area (Å²) < 4.78 is 4.88. The third kappa shape index (κ3) is 3.01. The van der Waals surface area contributed by atoms with Gasteiger partial charge in [0.2, 0.25) is 0 Å². The van der Waals surface area contributed by atoms with Gasteiger partial charge in [0.1, 0.15) is 6.29 Å². The molecule has 1 N–H and O–H groups in total. The number of nitrogens with one attached hydrogen (secondary N) is 1. The molecule has 0 bridgehead atoms. The summed E-state index contributed by atoms with van der Waals surface area (Å²) in [7, 11) is 1.56. The Hall–Kier alpha value is -1.45. The molecule has 0 aliphatic carbocycles. The van der Waals surface area contributed by atoms with E-state index in [0.717, 1.165) is 31.4 Å². The normalized spacial score (nSPS) is 19.8. The van der Waals surface area contributed by atoms with Crippen molar-refractivity contribution in [3.8, 4) is 0 Å². The van der Waals surface area contributed by atoms with Crippen molar-refractivity contribution in [2.24, 2.45) is 0 Å². The summed E-state index contributed by atoms with van der Waals surface area (Å²) in [5.74, 6) is 0.512. The van der Waals surface area contributed by atoms with Gasteiger partial charge in [-0.2, -0.15) is 0 Å². The summed E-state index contributed by atoms with van der Waals surface area (Å²) in [5, 5.41) is 2.98. The Kier molecular flexibility index (Phi) is 4.21. The fraction of sp³-hybridized carbons (Fsp3) is 0.545. The van der Waals surface area contributed by atoms with E-state index in [1.807, 2.05) is 4.90 Å². The zero-order chi connectivity index (χ0) is 11.3. The van der Waals surface area contributed by atoms with Gasteiger partial charge in [0.05, 0.1) is 19.7 Å². The topological polar surface area (TPSA) is 41.6 Å². The molecule has 0 amide bonds. The predicted octanol–water partition coefficient (Wildman–Crippen LogP) is 0.871. The Balaban J connectivity index is 2.39. The van der Waals surface area contributed by atoms with Crippen molar-refractivity contribution >= 4 is 6.29 Å². The molecule has 0 spiro atoms.